The van der Waals surface area contributed by atoms with Crippen LogP contribution in [0.2, 0.25) is 0 Å². The monoisotopic (exact) mass is 279 g/mol. The molecule has 2 atom stereocenters. The molecule has 0 aromatic carbocycles. The van der Waals surface area contributed by atoms with Crippen molar-refractivity contribution in [2.75, 3.05) is 32.7 Å². The van der Waals surface area contributed by atoms with Crippen molar-refractivity contribution in [3.63, 3.8) is 0 Å². The Hall–Kier alpha value is -1.61. The number of hydrogen-bond donors (Lipinski definition) is 1. The molecule has 1 aliphatic carbocycles. The first-order chi connectivity index (χ1) is 9.39. The highest BCUT2D eigenvalue weighted by atomic mass is 16.4. The lowest BCUT2D eigenvalue weighted by Crippen LogP contribution is -2.49. The molecule has 0 aromatic heterocycles. The van der Waals surface area contributed by atoms with Gasteiger partial charge in [-0.2, -0.15) is 5.26 Å². The standard InChI is InChI=1S/C14H21N3O3/c1-14(2)10(11(14)13(19)20)12(18)17-8-6-16(7-9-17)5-3-4-15/h10-11H,3,5-9H2,1-2H3,(H,19,20)/t10-,11+/m0/s1. The van der Waals surface area contributed by atoms with Gasteiger partial charge in [0.05, 0.1) is 17.9 Å². The second kappa shape index (κ2) is 5.41. The average molecular weight is 279 g/mol. The van der Waals surface area contributed by atoms with Gasteiger partial charge in [-0.3, -0.25) is 14.5 Å². The zero-order valence-electron chi connectivity index (χ0n) is 12.0. The number of amides is 1. The molecule has 0 spiro atoms. The van der Waals surface area contributed by atoms with Crippen molar-refractivity contribution < 1.29 is 14.7 Å². The summed E-state index contributed by atoms with van der Waals surface area (Å²) in [6.45, 7) is 7.21. The van der Waals surface area contributed by atoms with E-state index in [1.54, 1.807) is 4.90 Å². The summed E-state index contributed by atoms with van der Waals surface area (Å²) in [4.78, 5) is 27.5. The molecule has 20 heavy (non-hydrogen) atoms. The summed E-state index contributed by atoms with van der Waals surface area (Å²) in [6, 6.07) is 2.12. The van der Waals surface area contributed by atoms with Crippen molar-refractivity contribution in [3.05, 3.63) is 0 Å². The van der Waals surface area contributed by atoms with Crippen LogP contribution in [0.25, 0.3) is 0 Å². The number of carboxylic acid groups (broad SMARTS) is 1. The number of nitriles is 1. The molecular weight excluding hydrogens is 258 g/mol. The minimum atomic E-state index is -0.874. The van der Waals surface area contributed by atoms with Gasteiger partial charge in [-0.05, 0) is 5.41 Å². The van der Waals surface area contributed by atoms with Crippen molar-refractivity contribution in [2.24, 2.45) is 17.3 Å². The molecule has 0 radical (unpaired) electrons. The molecule has 1 aliphatic heterocycles. The van der Waals surface area contributed by atoms with Crippen LogP contribution >= 0.6 is 0 Å². The van der Waals surface area contributed by atoms with E-state index in [0.29, 0.717) is 19.5 Å². The molecule has 1 heterocycles. The first-order valence-corrected chi connectivity index (χ1v) is 7.00. The summed E-state index contributed by atoms with van der Waals surface area (Å²) in [6.07, 6.45) is 0.505. The van der Waals surface area contributed by atoms with Gasteiger partial charge in [-0.15, -0.1) is 0 Å². The maximum Gasteiger partial charge on any atom is 0.307 e. The van der Waals surface area contributed by atoms with Crippen LogP contribution in [-0.2, 0) is 9.59 Å². The molecule has 2 aliphatic rings. The highest BCUT2D eigenvalue weighted by Crippen LogP contribution is 2.59. The van der Waals surface area contributed by atoms with Crippen molar-refractivity contribution in [3.8, 4) is 6.07 Å². The Morgan fingerprint density at radius 3 is 2.30 bits per heavy atom. The van der Waals surface area contributed by atoms with E-state index in [2.05, 4.69) is 11.0 Å². The van der Waals surface area contributed by atoms with Crippen LogP contribution in [0.5, 0.6) is 0 Å². The molecular formula is C14H21N3O3. The predicted octanol–water partition coefficient (Wildman–Crippen LogP) is 0.401. The molecule has 110 valence electrons. The normalized spacial score (nSPS) is 28.8. The fraction of sp³-hybridized carbons (Fsp3) is 0.786. The summed E-state index contributed by atoms with van der Waals surface area (Å²) in [5.74, 6) is -1.83. The van der Waals surface area contributed by atoms with Gasteiger partial charge in [0.2, 0.25) is 5.91 Å². The van der Waals surface area contributed by atoms with E-state index in [0.717, 1.165) is 19.6 Å². The molecule has 2 fully saturated rings. The van der Waals surface area contributed by atoms with Crippen LogP contribution in [0.1, 0.15) is 20.3 Å². The minimum Gasteiger partial charge on any atom is -0.481 e. The van der Waals surface area contributed by atoms with Crippen molar-refractivity contribution in [2.45, 2.75) is 20.3 Å². The Balaban J connectivity index is 1.87. The molecule has 1 saturated carbocycles. The molecule has 2 rings (SSSR count). The number of aliphatic carboxylic acids is 1. The predicted molar refractivity (Wildman–Crippen MR) is 71.6 cm³/mol. The summed E-state index contributed by atoms with van der Waals surface area (Å²) in [5.41, 5.74) is -0.430. The van der Waals surface area contributed by atoms with E-state index in [4.69, 9.17) is 10.4 Å². The van der Waals surface area contributed by atoms with Gasteiger partial charge in [0.1, 0.15) is 0 Å². The van der Waals surface area contributed by atoms with Crippen LogP contribution < -0.4 is 0 Å². The molecule has 1 N–H and O–H groups in total. The van der Waals surface area contributed by atoms with Gasteiger partial charge in [-0.1, -0.05) is 13.8 Å². The van der Waals surface area contributed by atoms with E-state index in [1.807, 2.05) is 13.8 Å². The van der Waals surface area contributed by atoms with E-state index >= 15 is 0 Å². The molecule has 0 unspecified atom stereocenters. The third-order valence-corrected chi connectivity index (χ3v) is 4.58. The van der Waals surface area contributed by atoms with Gasteiger partial charge in [-0.25, -0.2) is 0 Å². The molecule has 0 aromatic rings. The van der Waals surface area contributed by atoms with Crippen molar-refractivity contribution in [1.82, 2.24) is 9.80 Å². The number of hydrogen-bond acceptors (Lipinski definition) is 4. The lowest BCUT2D eigenvalue weighted by Gasteiger charge is -2.34. The molecule has 6 heteroatoms. The lowest BCUT2D eigenvalue weighted by atomic mass is 10.1. The van der Waals surface area contributed by atoms with E-state index in [-0.39, 0.29) is 11.8 Å². The molecule has 1 amide bonds. The van der Waals surface area contributed by atoms with Gasteiger partial charge in [0, 0.05) is 39.1 Å². The quantitative estimate of drug-likeness (QED) is 0.805. The second-order valence-electron chi connectivity index (χ2n) is 6.19. The maximum atomic E-state index is 12.4. The van der Waals surface area contributed by atoms with E-state index in [1.165, 1.54) is 0 Å². The van der Waals surface area contributed by atoms with E-state index in [9.17, 15) is 9.59 Å². The zero-order chi connectivity index (χ0) is 14.9. The number of piperazine rings is 1. The smallest absolute Gasteiger partial charge is 0.307 e. The van der Waals surface area contributed by atoms with Gasteiger partial charge >= 0.3 is 5.97 Å². The molecule has 6 nitrogen and oxygen atoms in total. The molecule has 0 bridgehead atoms. The highest BCUT2D eigenvalue weighted by Gasteiger charge is 2.66. The Kier molecular flexibility index (Phi) is 4.00. The lowest BCUT2D eigenvalue weighted by molar-refractivity contribution is -0.142. The van der Waals surface area contributed by atoms with Crippen LogP contribution in [-0.4, -0.2) is 59.5 Å². The topological polar surface area (TPSA) is 84.6 Å². The second-order valence-corrected chi connectivity index (χ2v) is 6.19. The Bertz CT molecular complexity index is 447. The first kappa shape index (κ1) is 14.8. The number of nitrogens with zero attached hydrogens (tertiary/aromatic N) is 3. The van der Waals surface area contributed by atoms with E-state index < -0.39 is 17.3 Å². The SMILES string of the molecule is CC1(C)[C@H](C(=O)N2CCN(CCC#N)CC2)[C@@H]1C(=O)O. The fourth-order valence-corrected chi connectivity index (χ4v) is 3.16. The highest BCUT2D eigenvalue weighted by molar-refractivity contribution is 5.91. The first-order valence-electron chi connectivity index (χ1n) is 7.00. The third kappa shape index (κ3) is 2.63. The summed E-state index contributed by atoms with van der Waals surface area (Å²) in [5, 5.41) is 17.7. The average Bonchev–Trinajstić information content (AvgIpc) is 2.99. The fourth-order valence-electron chi connectivity index (χ4n) is 3.16. The van der Waals surface area contributed by atoms with Gasteiger partial charge in [0.25, 0.3) is 0 Å². The minimum absolute atomic E-state index is 0.0256. The Morgan fingerprint density at radius 2 is 1.85 bits per heavy atom. The number of carboxylic acids is 1. The summed E-state index contributed by atoms with van der Waals surface area (Å²) < 4.78 is 0. The number of carbonyl (C=O) groups is 2. The molecule has 1 saturated heterocycles. The van der Waals surface area contributed by atoms with Gasteiger partial charge in [0.15, 0.2) is 0 Å². The number of rotatable bonds is 4. The summed E-state index contributed by atoms with van der Waals surface area (Å²) in [7, 11) is 0. The van der Waals surface area contributed by atoms with Crippen molar-refractivity contribution >= 4 is 11.9 Å². The third-order valence-electron chi connectivity index (χ3n) is 4.58. The Labute approximate surface area is 119 Å². The summed E-state index contributed by atoms with van der Waals surface area (Å²) >= 11 is 0. The largest absolute Gasteiger partial charge is 0.481 e. The van der Waals surface area contributed by atoms with Crippen LogP contribution in [0, 0.1) is 28.6 Å². The number of carbonyl (C=O) groups excluding carboxylic acids is 1. The van der Waals surface area contributed by atoms with Crippen LogP contribution in [0.15, 0.2) is 0 Å². The van der Waals surface area contributed by atoms with Crippen LogP contribution in [0.3, 0.4) is 0 Å². The zero-order valence-corrected chi connectivity index (χ0v) is 12.0. The van der Waals surface area contributed by atoms with Crippen molar-refractivity contribution in [1.29, 1.82) is 5.26 Å². The Morgan fingerprint density at radius 1 is 1.25 bits per heavy atom. The van der Waals surface area contributed by atoms with Gasteiger partial charge < -0.3 is 10.0 Å². The maximum absolute atomic E-state index is 12.4. The van der Waals surface area contributed by atoms with Crippen LogP contribution in [0.4, 0.5) is 0 Å².